The molecule has 0 bridgehead atoms. The Hall–Kier alpha value is -1.02. The molecule has 1 aromatic rings. The van der Waals surface area contributed by atoms with Crippen LogP contribution in [0.25, 0.3) is 0 Å². The number of hydrogen-bond donors (Lipinski definition) is 1. The van der Waals surface area contributed by atoms with Crippen LogP contribution in [0.4, 0.5) is 0 Å². The van der Waals surface area contributed by atoms with Gasteiger partial charge in [0, 0.05) is 0 Å². The number of hydrogen-bond acceptors (Lipinski definition) is 2. The minimum absolute atomic E-state index is 0.558. The van der Waals surface area contributed by atoms with E-state index in [0.717, 1.165) is 18.7 Å². The fourth-order valence-corrected chi connectivity index (χ4v) is 2.37. The highest BCUT2D eigenvalue weighted by Gasteiger charge is 2.13. The topological polar surface area (TPSA) is 35.2 Å². The van der Waals surface area contributed by atoms with Gasteiger partial charge in [0.2, 0.25) is 0 Å². The van der Waals surface area contributed by atoms with Crippen molar-refractivity contribution in [3.05, 3.63) is 28.8 Å². The third-order valence-corrected chi connectivity index (χ3v) is 3.47. The van der Waals surface area contributed by atoms with Crippen molar-refractivity contribution in [2.45, 2.75) is 34.1 Å². The molecule has 96 valence electrons. The smallest absolute Gasteiger partial charge is 0.124 e. The number of methoxy groups -OCH3 is 1. The molecule has 2 N–H and O–H groups in total. The molecule has 1 rings (SSSR count). The second-order valence-electron chi connectivity index (χ2n) is 5.21. The average molecular weight is 235 g/mol. The van der Waals surface area contributed by atoms with E-state index in [4.69, 9.17) is 10.5 Å². The van der Waals surface area contributed by atoms with Gasteiger partial charge in [-0.25, -0.2) is 0 Å². The Bertz CT molecular complexity index is 348. The zero-order chi connectivity index (χ0) is 13.0. The average Bonchev–Trinajstić information content (AvgIpc) is 2.25. The first-order valence-corrected chi connectivity index (χ1v) is 6.33. The lowest BCUT2D eigenvalue weighted by Gasteiger charge is -2.20. The molecule has 0 amide bonds. The van der Waals surface area contributed by atoms with E-state index in [9.17, 15) is 0 Å². The molecule has 0 saturated carbocycles. The summed E-state index contributed by atoms with van der Waals surface area (Å²) in [5, 5.41) is 0. The number of aryl methyl sites for hydroxylation is 2. The molecular weight excluding hydrogens is 210 g/mol. The molecule has 0 aliphatic rings. The van der Waals surface area contributed by atoms with Crippen LogP contribution in [0, 0.1) is 25.7 Å². The summed E-state index contributed by atoms with van der Waals surface area (Å²) >= 11 is 0. The van der Waals surface area contributed by atoms with Crippen LogP contribution in [0.3, 0.4) is 0 Å². The molecule has 17 heavy (non-hydrogen) atoms. The van der Waals surface area contributed by atoms with E-state index in [2.05, 4.69) is 39.8 Å². The van der Waals surface area contributed by atoms with Crippen LogP contribution in [0.5, 0.6) is 5.75 Å². The Labute approximate surface area is 105 Å². The maximum atomic E-state index is 5.83. The number of ether oxygens (including phenoxy) is 1. The molecule has 1 atom stereocenters. The molecule has 1 unspecified atom stereocenters. The van der Waals surface area contributed by atoms with Crippen molar-refractivity contribution in [3.8, 4) is 5.75 Å². The van der Waals surface area contributed by atoms with Gasteiger partial charge in [-0.1, -0.05) is 26.0 Å². The summed E-state index contributed by atoms with van der Waals surface area (Å²) < 4.78 is 5.38. The first-order chi connectivity index (χ1) is 7.99. The second kappa shape index (κ2) is 6.06. The largest absolute Gasteiger partial charge is 0.496 e. The lowest BCUT2D eigenvalue weighted by molar-refractivity contribution is 0.390. The Morgan fingerprint density at radius 2 is 1.71 bits per heavy atom. The van der Waals surface area contributed by atoms with Gasteiger partial charge in [-0.05, 0) is 55.3 Å². The van der Waals surface area contributed by atoms with Crippen LogP contribution in [0.2, 0.25) is 0 Å². The van der Waals surface area contributed by atoms with Crippen molar-refractivity contribution in [1.82, 2.24) is 0 Å². The highest BCUT2D eigenvalue weighted by atomic mass is 16.5. The Morgan fingerprint density at radius 3 is 2.06 bits per heavy atom. The van der Waals surface area contributed by atoms with E-state index in [1.807, 2.05) is 0 Å². The Morgan fingerprint density at radius 1 is 1.18 bits per heavy atom. The molecule has 0 aliphatic carbocycles. The molecule has 1 aromatic carbocycles. The number of benzene rings is 1. The van der Waals surface area contributed by atoms with Gasteiger partial charge in [-0.2, -0.15) is 0 Å². The predicted molar refractivity (Wildman–Crippen MR) is 73.6 cm³/mol. The van der Waals surface area contributed by atoms with Crippen LogP contribution >= 0.6 is 0 Å². The van der Waals surface area contributed by atoms with Gasteiger partial charge in [0.05, 0.1) is 7.11 Å². The lowest BCUT2D eigenvalue weighted by atomic mass is 9.88. The zero-order valence-corrected chi connectivity index (χ0v) is 11.7. The van der Waals surface area contributed by atoms with Crippen LogP contribution in [0.1, 0.15) is 30.5 Å². The first-order valence-electron chi connectivity index (χ1n) is 6.33. The summed E-state index contributed by atoms with van der Waals surface area (Å²) in [6.45, 7) is 9.42. The van der Waals surface area contributed by atoms with Gasteiger partial charge in [0.1, 0.15) is 5.75 Å². The van der Waals surface area contributed by atoms with E-state index >= 15 is 0 Å². The van der Waals surface area contributed by atoms with Crippen LogP contribution < -0.4 is 10.5 Å². The molecule has 0 saturated heterocycles. The van der Waals surface area contributed by atoms with E-state index in [1.54, 1.807) is 7.11 Å². The molecule has 0 aliphatic heterocycles. The highest BCUT2D eigenvalue weighted by Crippen LogP contribution is 2.26. The maximum absolute atomic E-state index is 5.83. The van der Waals surface area contributed by atoms with Gasteiger partial charge in [-0.3, -0.25) is 0 Å². The van der Waals surface area contributed by atoms with Gasteiger partial charge < -0.3 is 10.5 Å². The fourth-order valence-electron chi connectivity index (χ4n) is 2.37. The zero-order valence-electron chi connectivity index (χ0n) is 11.7. The summed E-state index contributed by atoms with van der Waals surface area (Å²) in [6, 6.07) is 4.44. The van der Waals surface area contributed by atoms with E-state index in [-0.39, 0.29) is 0 Å². The van der Waals surface area contributed by atoms with E-state index < -0.39 is 0 Å². The van der Waals surface area contributed by atoms with Gasteiger partial charge in [-0.15, -0.1) is 0 Å². The second-order valence-corrected chi connectivity index (χ2v) is 5.21. The summed E-state index contributed by atoms with van der Waals surface area (Å²) in [5.74, 6) is 2.19. The predicted octanol–water partition coefficient (Wildman–Crippen LogP) is 3.09. The van der Waals surface area contributed by atoms with Crippen molar-refractivity contribution in [2.75, 3.05) is 13.7 Å². The standard InChI is InChI=1S/C15H25NO/c1-10(2)14(9-16)8-13-6-11(3)15(17-5)12(4)7-13/h6-7,10,14H,8-9,16H2,1-5H3. The molecule has 2 heteroatoms. The van der Waals surface area contributed by atoms with Crippen molar-refractivity contribution >= 4 is 0 Å². The first kappa shape index (κ1) is 14.0. The van der Waals surface area contributed by atoms with Crippen molar-refractivity contribution in [1.29, 1.82) is 0 Å². The Balaban J connectivity index is 2.93. The van der Waals surface area contributed by atoms with Crippen molar-refractivity contribution in [3.63, 3.8) is 0 Å². The maximum Gasteiger partial charge on any atom is 0.124 e. The highest BCUT2D eigenvalue weighted by molar-refractivity contribution is 5.43. The van der Waals surface area contributed by atoms with Crippen molar-refractivity contribution in [2.24, 2.45) is 17.6 Å². The number of rotatable bonds is 5. The Kier molecular flexibility index (Phi) is 5.01. The van der Waals surface area contributed by atoms with Crippen molar-refractivity contribution < 1.29 is 4.74 Å². The molecule has 0 spiro atoms. The summed E-state index contributed by atoms with van der Waals surface area (Å²) in [6.07, 6.45) is 1.06. The van der Waals surface area contributed by atoms with Gasteiger partial charge >= 0.3 is 0 Å². The molecule has 2 nitrogen and oxygen atoms in total. The van der Waals surface area contributed by atoms with Crippen LogP contribution in [0.15, 0.2) is 12.1 Å². The molecule has 0 radical (unpaired) electrons. The SMILES string of the molecule is COc1c(C)cc(CC(CN)C(C)C)cc1C. The fraction of sp³-hybridized carbons (Fsp3) is 0.600. The summed E-state index contributed by atoms with van der Waals surface area (Å²) in [5.41, 5.74) is 9.62. The third kappa shape index (κ3) is 3.47. The monoisotopic (exact) mass is 235 g/mol. The molecule has 0 heterocycles. The molecular formula is C15H25NO. The lowest BCUT2D eigenvalue weighted by Crippen LogP contribution is -2.22. The minimum Gasteiger partial charge on any atom is -0.496 e. The quantitative estimate of drug-likeness (QED) is 0.851. The van der Waals surface area contributed by atoms with Crippen LogP contribution in [-0.4, -0.2) is 13.7 Å². The normalized spacial score (nSPS) is 12.9. The van der Waals surface area contributed by atoms with Gasteiger partial charge in [0.15, 0.2) is 0 Å². The minimum atomic E-state index is 0.558. The third-order valence-electron chi connectivity index (χ3n) is 3.47. The number of nitrogens with two attached hydrogens (primary N) is 1. The molecule has 0 aromatic heterocycles. The summed E-state index contributed by atoms with van der Waals surface area (Å²) in [4.78, 5) is 0. The van der Waals surface area contributed by atoms with Crippen LogP contribution in [-0.2, 0) is 6.42 Å². The summed E-state index contributed by atoms with van der Waals surface area (Å²) in [7, 11) is 1.73. The van der Waals surface area contributed by atoms with E-state index in [0.29, 0.717) is 11.8 Å². The van der Waals surface area contributed by atoms with E-state index in [1.165, 1.54) is 16.7 Å². The van der Waals surface area contributed by atoms with Gasteiger partial charge in [0.25, 0.3) is 0 Å². The molecule has 0 fully saturated rings.